The number of ether oxygens (including phenoxy) is 1. The van der Waals surface area contributed by atoms with Gasteiger partial charge in [0.2, 0.25) is 0 Å². The molecule has 132 valence electrons. The first kappa shape index (κ1) is 18.5. The van der Waals surface area contributed by atoms with Crippen LogP contribution in [0.25, 0.3) is 10.8 Å². The Morgan fingerprint density at radius 2 is 2.04 bits per heavy atom. The SMILES string of the molecule is CCCCOc1c(CN)n(CC(C)C)c(=O)c2ccc(CO)cc12. The minimum Gasteiger partial charge on any atom is -0.491 e. The van der Waals surface area contributed by atoms with Crippen LogP contribution in [0.4, 0.5) is 0 Å². The van der Waals surface area contributed by atoms with Crippen molar-refractivity contribution < 1.29 is 9.84 Å². The number of pyridine rings is 1. The fourth-order valence-electron chi connectivity index (χ4n) is 2.85. The summed E-state index contributed by atoms with van der Waals surface area (Å²) >= 11 is 0. The molecule has 0 amide bonds. The molecule has 0 aliphatic heterocycles. The van der Waals surface area contributed by atoms with Crippen LogP contribution in [0.3, 0.4) is 0 Å². The zero-order valence-electron chi connectivity index (χ0n) is 14.8. The fourth-order valence-corrected chi connectivity index (χ4v) is 2.85. The predicted molar refractivity (Wildman–Crippen MR) is 97.3 cm³/mol. The van der Waals surface area contributed by atoms with E-state index in [1.165, 1.54) is 0 Å². The Kier molecular flexibility index (Phi) is 6.40. The number of aliphatic hydroxyl groups is 1. The lowest BCUT2D eigenvalue weighted by molar-refractivity contribution is 0.282. The van der Waals surface area contributed by atoms with Gasteiger partial charge in [0, 0.05) is 18.5 Å². The van der Waals surface area contributed by atoms with Gasteiger partial charge in [0.1, 0.15) is 5.75 Å². The molecule has 24 heavy (non-hydrogen) atoms. The van der Waals surface area contributed by atoms with E-state index in [-0.39, 0.29) is 18.7 Å². The van der Waals surface area contributed by atoms with Crippen LogP contribution < -0.4 is 16.0 Å². The Bertz CT molecular complexity index is 750. The van der Waals surface area contributed by atoms with Gasteiger partial charge in [-0.2, -0.15) is 0 Å². The molecule has 0 bridgehead atoms. The van der Waals surface area contributed by atoms with Gasteiger partial charge in [-0.15, -0.1) is 0 Å². The molecule has 3 N–H and O–H groups in total. The van der Waals surface area contributed by atoms with Crippen molar-refractivity contribution >= 4 is 10.8 Å². The van der Waals surface area contributed by atoms with Gasteiger partial charge in [-0.1, -0.05) is 33.3 Å². The first-order valence-electron chi connectivity index (χ1n) is 8.65. The summed E-state index contributed by atoms with van der Waals surface area (Å²) in [5, 5.41) is 10.8. The summed E-state index contributed by atoms with van der Waals surface area (Å²) in [7, 11) is 0. The second kappa shape index (κ2) is 8.31. The number of aliphatic hydroxyl groups excluding tert-OH is 1. The van der Waals surface area contributed by atoms with E-state index in [0.717, 1.165) is 29.5 Å². The zero-order chi connectivity index (χ0) is 17.7. The molecule has 0 spiro atoms. The van der Waals surface area contributed by atoms with Gasteiger partial charge in [-0.25, -0.2) is 0 Å². The number of unbranched alkanes of at least 4 members (excludes halogenated alkanes) is 1. The number of benzene rings is 1. The van der Waals surface area contributed by atoms with Gasteiger partial charge in [-0.05, 0) is 30.0 Å². The van der Waals surface area contributed by atoms with Crippen molar-refractivity contribution in [2.75, 3.05) is 6.61 Å². The summed E-state index contributed by atoms with van der Waals surface area (Å²) in [6, 6.07) is 5.38. The minimum absolute atomic E-state index is 0.0496. The molecule has 5 heteroatoms. The highest BCUT2D eigenvalue weighted by Crippen LogP contribution is 2.29. The molecule has 0 fully saturated rings. The highest BCUT2D eigenvalue weighted by Gasteiger charge is 2.18. The summed E-state index contributed by atoms with van der Waals surface area (Å²) in [5.41, 5.74) is 7.41. The highest BCUT2D eigenvalue weighted by atomic mass is 16.5. The Labute approximate surface area is 143 Å². The van der Waals surface area contributed by atoms with Crippen molar-refractivity contribution in [3.63, 3.8) is 0 Å². The Morgan fingerprint density at radius 1 is 1.29 bits per heavy atom. The third-order valence-electron chi connectivity index (χ3n) is 4.06. The van der Waals surface area contributed by atoms with Crippen LogP contribution in [0.1, 0.15) is 44.9 Å². The summed E-state index contributed by atoms with van der Waals surface area (Å²) in [5.74, 6) is 1.00. The molecule has 2 aromatic rings. The number of rotatable bonds is 8. The summed E-state index contributed by atoms with van der Waals surface area (Å²) in [6.07, 6.45) is 1.97. The molecule has 0 aliphatic rings. The number of fused-ring (bicyclic) bond motifs is 1. The zero-order valence-corrected chi connectivity index (χ0v) is 14.8. The molecule has 1 aromatic carbocycles. The number of nitrogens with zero attached hydrogens (tertiary/aromatic N) is 1. The van der Waals surface area contributed by atoms with Crippen LogP contribution in [0.15, 0.2) is 23.0 Å². The van der Waals surface area contributed by atoms with E-state index in [9.17, 15) is 9.90 Å². The second-order valence-electron chi connectivity index (χ2n) is 6.53. The molecule has 1 aromatic heterocycles. The average Bonchev–Trinajstić information content (AvgIpc) is 2.58. The van der Waals surface area contributed by atoms with Gasteiger partial charge in [-0.3, -0.25) is 4.79 Å². The van der Waals surface area contributed by atoms with E-state index < -0.39 is 0 Å². The lowest BCUT2D eigenvalue weighted by Crippen LogP contribution is -2.28. The predicted octanol–water partition coefficient (Wildman–Crippen LogP) is 2.79. The third-order valence-corrected chi connectivity index (χ3v) is 4.06. The van der Waals surface area contributed by atoms with Crippen LogP contribution in [0, 0.1) is 5.92 Å². The summed E-state index contributed by atoms with van der Waals surface area (Å²) < 4.78 is 7.78. The molecule has 0 radical (unpaired) electrons. The quantitative estimate of drug-likeness (QED) is 0.729. The number of aromatic nitrogens is 1. The van der Waals surface area contributed by atoms with Crippen molar-refractivity contribution in [1.82, 2.24) is 4.57 Å². The molecule has 0 unspecified atom stereocenters. The molecule has 0 saturated heterocycles. The average molecular weight is 332 g/mol. The van der Waals surface area contributed by atoms with Crippen LogP contribution in [0.5, 0.6) is 5.75 Å². The normalized spacial score (nSPS) is 11.4. The van der Waals surface area contributed by atoms with Crippen molar-refractivity contribution in [2.24, 2.45) is 11.7 Å². The number of hydrogen-bond acceptors (Lipinski definition) is 4. The molecule has 0 saturated carbocycles. The fraction of sp³-hybridized carbons (Fsp3) is 0.526. The van der Waals surface area contributed by atoms with E-state index in [2.05, 4.69) is 20.8 Å². The Morgan fingerprint density at radius 3 is 2.62 bits per heavy atom. The molecule has 5 nitrogen and oxygen atoms in total. The van der Waals surface area contributed by atoms with Crippen LogP contribution >= 0.6 is 0 Å². The first-order chi connectivity index (χ1) is 11.5. The van der Waals surface area contributed by atoms with Gasteiger partial charge in [0.15, 0.2) is 0 Å². The van der Waals surface area contributed by atoms with E-state index >= 15 is 0 Å². The lowest BCUT2D eigenvalue weighted by Gasteiger charge is -2.20. The van der Waals surface area contributed by atoms with Gasteiger partial charge in [0.05, 0.1) is 24.3 Å². The van der Waals surface area contributed by atoms with Gasteiger partial charge in [0.25, 0.3) is 5.56 Å². The monoisotopic (exact) mass is 332 g/mol. The molecule has 0 aliphatic carbocycles. The van der Waals surface area contributed by atoms with Crippen molar-refractivity contribution in [1.29, 1.82) is 0 Å². The maximum Gasteiger partial charge on any atom is 0.258 e. The summed E-state index contributed by atoms with van der Waals surface area (Å²) in [6.45, 7) is 7.61. The topological polar surface area (TPSA) is 77.5 Å². The molecule has 1 heterocycles. The van der Waals surface area contributed by atoms with Crippen molar-refractivity contribution in [3.8, 4) is 5.75 Å². The van der Waals surface area contributed by atoms with E-state index in [1.807, 2.05) is 6.07 Å². The molecule has 0 atom stereocenters. The minimum atomic E-state index is -0.0720. The maximum absolute atomic E-state index is 12.9. The first-order valence-corrected chi connectivity index (χ1v) is 8.65. The van der Waals surface area contributed by atoms with Crippen molar-refractivity contribution in [3.05, 3.63) is 39.8 Å². The van der Waals surface area contributed by atoms with Crippen LogP contribution in [-0.2, 0) is 19.7 Å². The number of nitrogens with two attached hydrogens (primary N) is 1. The van der Waals surface area contributed by atoms with Crippen LogP contribution in [-0.4, -0.2) is 16.3 Å². The van der Waals surface area contributed by atoms with Gasteiger partial charge >= 0.3 is 0 Å². The number of hydrogen-bond donors (Lipinski definition) is 2. The van der Waals surface area contributed by atoms with E-state index in [0.29, 0.717) is 30.2 Å². The van der Waals surface area contributed by atoms with E-state index in [4.69, 9.17) is 10.5 Å². The maximum atomic E-state index is 12.9. The van der Waals surface area contributed by atoms with E-state index in [1.54, 1.807) is 16.7 Å². The van der Waals surface area contributed by atoms with Gasteiger partial charge < -0.3 is 20.1 Å². The molecular weight excluding hydrogens is 304 g/mol. The Balaban J connectivity index is 2.73. The highest BCUT2D eigenvalue weighted by molar-refractivity contribution is 5.89. The lowest BCUT2D eigenvalue weighted by atomic mass is 10.1. The smallest absolute Gasteiger partial charge is 0.258 e. The molecule has 2 rings (SSSR count). The summed E-state index contributed by atoms with van der Waals surface area (Å²) in [4.78, 5) is 12.9. The van der Waals surface area contributed by atoms with Crippen molar-refractivity contribution in [2.45, 2.75) is 53.3 Å². The Hall–Kier alpha value is -1.85. The molecular formula is C19H28N2O3. The third kappa shape index (κ3) is 3.79. The standard InChI is InChI=1S/C19H28N2O3/c1-4-5-8-24-18-16-9-14(12-22)6-7-15(16)19(23)21(11-13(2)3)17(18)10-20/h6-7,9,13,22H,4-5,8,10-12,20H2,1-3H3. The largest absolute Gasteiger partial charge is 0.491 e. The second-order valence-corrected chi connectivity index (χ2v) is 6.53. The van der Waals surface area contributed by atoms with Crippen LogP contribution in [0.2, 0.25) is 0 Å².